The third kappa shape index (κ3) is 3.96. The SMILES string of the molecule is CCN(CC1CC1)CC1CC(C(C)C)CCC1O. The van der Waals surface area contributed by atoms with Crippen LogP contribution < -0.4 is 0 Å². The highest BCUT2D eigenvalue weighted by Gasteiger charge is 2.32. The molecule has 0 aromatic carbocycles. The van der Waals surface area contributed by atoms with E-state index in [2.05, 4.69) is 25.7 Å². The Morgan fingerprint density at radius 1 is 1.11 bits per heavy atom. The smallest absolute Gasteiger partial charge is 0.0580 e. The van der Waals surface area contributed by atoms with Crippen LogP contribution >= 0.6 is 0 Å². The fourth-order valence-corrected chi connectivity index (χ4v) is 3.42. The Labute approximate surface area is 113 Å². The molecule has 0 radical (unpaired) electrons. The lowest BCUT2D eigenvalue weighted by Gasteiger charge is -2.38. The molecular formula is C16H31NO. The van der Waals surface area contributed by atoms with Gasteiger partial charge in [-0.05, 0) is 62.3 Å². The van der Waals surface area contributed by atoms with Crippen molar-refractivity contribution in [1.82, 2.24) is 4.90 Å². The standard InChI is InChI=1S/C16H31NO/c1-4-17(10-13-5-6-13)11-15-9-14(12(2)3)7-8-16(15)18/h12-16,18H,4-11H2,1-3H3. The zero-order valence-corrected chi connectivity index (χ0v) is 12.4. The normalized spacial score (nSPS) is 33.3. The van der Waals surface area contributed by atoms with E-state index in [4.69, 9.17) is 0 Å². The molecule has 2 aliphatic carbocycles. The Morgan fingerprint density at radius 3 is 2.39 bits per heavy atom. The molecule has 0 aliphatic heterocycles. The number of hydrogen-bond donors (Lipinski definition) is 1. The summed E-state index contributed by atoms with van der Waals surface area (Å²) in [6.07, 6.45) is 6.29. The quantitative estimate of drug-likeness (QED) is 0.786. The molecule has 0 heterocycles. The number of nitrogens with zero attached hydrogens (tertiary/aromatic N) is 1. The summed E-state index contributed by atoms with van der Waals surface area (Å²) >= 11 is 0. The predicted molar refractivity (Wildman–Crippen MR) is 76.5 cm³/mol. The summed E-state index contributed by atoms with van der Waals surface area (Å²) in [4.78, 5) is 2.58. The van der Waals surface area contributed by atoms with E-state index in [0.29, 0.717) is 5.92 Å². The van der Waals surface area contributed by atoms with Gasteiger partial charge in [-0.2, -0.15) is 0 Å². The minimum Gasteiger partial charge on any atom is -0.393 e. The van der Waals surface area contributed by atoms with Crippen molar-refractivity contribution in [2.45, 2.75) is 59.0 Å². The monoisotopic (exact) mass is 253 g/mol. The van der Waals surface area contributed by atoms with Crippen LogP contribution in [0.2, 0.25) is 0 Å². The molecule has 0 aromatic rings. The molecule has 2 rings (SSSR count). The van der Waals surface area contributed by atoms with Gasteiger partial charge in [0.1, 0.15) is 0 Å². The van der Waals surface area contributed by atoms with Crippen molar-refractivity contribution in [2.24, 2.45) is 23.7 Å². The number of aliphatic hydroxyl groups excluding tert-OH is 1. The van der Waals surface area contributed by atoms with E-state index in [1.165, 1.54) is 32.2 Å². The second kappa shape index (κ2) is 6.38. The first-order chi connectivity index (χ1) is 8.60. The van der Waals surface area contributed by atoms with E-state index in [0.717, 1.165) is 37.3 Å². The first-order valence-electron chi connectivity index (χ1n) is 8.00. The minimum atomic E-state index is -0.0479. The summed E-state index contributed by atoms with van der Waals surface area (Å²) in [6.45, 7) is 10.5. The Morgan fingerprint density at radius 2 is 1.83 bits per heavy atom. The van der Waals surface area contributed by atoms with Crippen LogP contribution in [0.1, 0.15) is 52.9 Å². The molecule has 106 valence electrons. The third-order valence-electron chi connectivity index (χ3n) is 5.08. The zero-order valence-electron chi connectivity index (χ0n) is 12.4. The topological polar surface area (TPSA) is 23.5 Å². The second-order valence-electron chi connectivity index (χ2n) is 6.94. The van der Waals surface area contributed by atoms with Gasteiger partial charge in [-0.3, -0.25) is 0 Å². The van der Waals surface area contributed by atoms with Gasteiger partial charge in [0.2, 0.25) is 0 Å². The van der Waals surface area contributed by atoms with Gasteiger partial charge in [-0.25, -0.2) is 0 Å². The van der Waals surface area contributed by atoms with Crippen LogP contribution in [0.25, 0.3) is 0 Å². The van der Waals surface area contributed by atoms with E-state index in [-0.39, 0.29) is 6.10 Å². The van der Waals surface area contributed by atoms with Crippen LogP contribution in [0.5, 0.6) is 0 Å². The molecule has 2 heteroatoms. The average Bonchev–Trinajstić information content (AvgIpc) is 3.14. The third-order valence-corrected chi connectivity index (χ3v) is 5.08. The lowest BCUT2D eigenvalue weighted by Crippen LogP contribution is -2.40. The van der Waals surface area contributed by atoms with E-state index < -0.39 is 0 Å². The first-order valence-corrected chi connectivity index (χ1v) is 8.00. The van der Waals surface area contributed by atoms with Gasteiger partial charge >= 0.3 is 0 Å². The summed E-state index contributed by atoms with van der Waals surface area (Å²) in [6, 6.07) is 0. The van der Waals surface area contributed by atoms with Gasteiger partial charge in [0, 0.05) is 13.1 Å². The molecule has 0 aromatic heterocycles. The van der Waals surface area contributed by atoms with Crippen molar-refractivity contribution < 1.29 is 5.11 Å². The largest absolute Gasteiger partial charge is 0.393 e. The van der Waals surface area contributed by atoms with Crippen LogP contribution in [-0.4, -0.2) is 35.7 Å². The van der Waals surface area contributed by atoms with E-state index in [1.54, 1.807) is 0 Å². The maximum Gasteiger partial charge on any atom is 0.0580 e. The Kier molecular flexibility index (Phi) is 5.08. The Hall–Kier alpha value is -0.0800. The predicted octanol–water partition coefficient (Wildman–Crippen LogP) is 3.15. The number of hydrogen-bond acceptors (Lipinski definition) is 2. The number of rotatable bonds is 6. The number of aliphatic hydroxyl groups is 1. The maximum atomic E-state index is 10.2. The van der Waals surface area contributed by atoms with E-state index in [9.17, 15) is 5.11 Å². The van der Waals surface area contributed by atoms with Crippen LogP contribution in [-0.2, 0) is 0 Å². The lowest BCUT2D eigenvalue weighted by atomic mass is 9.74. The Balaban J connectivity index is 1.83. The van der Waals surface area contributed by atoms with Crippen molar-refractivity contribution in [3.8, 4) is 0 Å². The Bertz CT molecular complexity index is 249. The lowest BCUT2D eigenvalue weighted by molar-refractivity contribution is 0.0186. The molecule has 3 unspecified atom stereocenters. The van der Waals surface area contributed by atoms with Gasteiger partial charge in [0.05, 0.1) is 6.10 Å². The molecular weight excluding hydrogens is 222 g/mol. The second-order valence-corrected chi connectivity index (χ2v) is 6.94. The van der Waals surface area contributed by atoms with Gasteiger partial charge in [0.25, 0.3) is 0 Å². The molecule has 2 saturated carbocycles. The van der Waals surface area contributed by atoms with Crippen molar-refractivity contribution in [3.63, 3.8) is 0 Å². The summed E-state index contributed by atoms with van der Waals surface area (Å²) in [5, 5.41) is 10.2. The molecule has 0 amide bonds. The fourth-order valence-electron chi connectivity index (χ4n) is 3.42. The average molecular weight is 253 g/mol. The van der Waals surface area contributed by atoms with Crippen molar-refractivity contribution in [2.75, 3.05) is 19.6 Å². The van der Waals surface area contributed by atoms with E-state index >= 15 is 0 Å². The highest BCUT2D eigenvalue weighted by Crippen LogP contribution is 2.35. The molecule has 0 saturated heterocycles. The van der Waals surface area contributed by atoms with Crippen LogP contribution in [0, 0.1) is 23.7 Å². The van der Waals surface area contributed by atoms with Crippen LogP contribution in [0.3, 0.4) is 0 Å². The van der Waals surface area contributed by atoms with Crippen molar-refractivity contribution in [1.29, 1.82) is 0 Å². The van der Waals surface area contributed by atoms with Crippen LogP contribution in [0.15, 0.2) is 0 Å². The van der Waals surface area contributed by atoms with E-state index in [1.807, 2.05) is 0 Å². The molecule has 2 fully saturated rings. The molecule has 3 atom stereocenters. The minimum absolute atomic E-state index is 0.0479. The highest BCUT2D eigenvalue weighted by atomic mass is 16.3. The van der Waals surface area contributed by atoms with Gasteiger partial charge in [-0.1, -0.05) is 20.8 Å². The van der Waals surface area contributed by atoms with Crippen molar-refractivity contribution >= 4 is 0 Å². The molecule has 2 aliphatic rings. The summed E-state index contributed by atoms with van der Waals surface area (Å²) in [5.41, 5.74) is 0. The molecule has 2 nitrogen and oxygen atoms in total. The fraction of sp³-hybridized carbons (Fsp3) is 1.00. The summed E-state index contributed by atoms with van der Waals surface area (Å²) < 4.78 is 0. The van der Waals surface area contributed by atoms with Crippen LogP contribution in [0.4, 0.5) is 0 Å². The summed E-state index contributed by atoms with van der Waals surface area (Å²) in [5.74, 6) is 3.09. The highest BCUT2D eigenvalue weighted by molar-refractivity contribution is 4.85. The van der Waals surface area contributed by atoms with Gasteiger partial charge in [-0.15, -0.1) is 0 Å². The van der Waals surface area contributed by atoms with Crippen molar-refractivity contribution in [3.05, 3.63) is 0 Å². The molecule has 18 heavy (non-hydrogen) atoms. The molecule has 1 N–H and O–H groups in total. The molecule has 0 bridgehead atoms. The molecule has 0 spiro atoms. The summed E-state index contributed by atoms with van der Waals surface area (Å²) in [7, 11) is 0. The zero-order chi connectivity index (χ0) is 13.1. The first kappa shape index (κ1) is 14.3. The van der Waals surface area contributed by atoms with Gasteiger partial charge in [0.15, 0.2) is 0 Å². The maximum absolute atomic E-state index is 10.2. The van der Waals surface area contributed by atoms with Gasteiger partial charge < -0.3 is 10.0 Å².